The summed E-state index contributed by atoms with van der Waals surface area (Å²) in [7, 11) is 0. The van der Waals surface area contributed by atoms with Crippen molar-refractivity contribution in [1.82, 2.24) is 9.88 Å². The molecule has 0 atom stereocenters. The lowest BCUT2D eigenvalue weighted by Gasteiger charge is -2.29. The van der Waals surface area contributed by atoms with Gasteiger partial charge in [-0.1, -0.05) is 29.5 Å². The number of morpholine rings is 1. The molecule has 1 aromatic heterocycles. The maximum atomic E-state index is 13.7. The Bertz CT molecular complexity index is 1040. The SMILES string of the molecule is CSc1ccccc1C(=O)N(CCN1CCOCC1)c1nc2c(C)c(C)ccc2s1. The molecular weight excluding hydrogens is 414 g/mol. The van der Waals surface area contributed by atoms with Gasteiger partial charge in [-0.3, -0.25) is 14.6 Å². The molecule has 4 rings (SSSR count). The first kappa shape index (κ1) is 21.3. The van der Waals surface area contributed by atoms with Gasteiger partial charge < -0.3 is 4.74 Å². The second-order valence-corrected chi connectivity index (χ2v) is 9.32. The van der Waals surface area contributed by atoms with Crippen LogP contribution in [0.15, 0.2) is 41.3 Å². The minimum absolute atomic E-state index is 0.0154. The van der Waals surface area contributed by atoms with Gasteiger partial charge in [0.2, 0.25) is 0 Å². The number of carbonyl (C=O) groups is 1. The quantitative estimate of drug-likeness (QED) is 0.523. The van der Waals surface area contributed by atoms with Crippen molar-refractivity contribution in [3.8, 4) is 0 Å². The van der Waals surface area contributed by atoms with Crippen LogP contribution in [0.2, 0.25) is 0 Å². The molecule has 1 aliphatic heterocycles. The maximum Gasteiger partial charge on any atom is 0.261 e. The summed E-state index contributed by atoms with van der Waals surface area (Å²) in [6, 6.07) is 12.1. The number of hydrogen-bond acceptors (Lipinski definition) is 6. The molecule has 0 bridgehead atoms. The van der Waals surface area contributed by atoms with E-state index in [1.807, 2.05) is 35.4 Å². The molecule has 158 valence electrons. The monoisotopic (exact) mass is 441 g/mol. The fourth-order valence-corrected chi connectivity index (χ4v) is 5.29. The Balaban J connectivity index is 1.69. The number of nitrogens with zero attached hydrogens (tertiary/aromatic N) is 3. The highest BCUT2D eigenvalue weighted by Crippen LogP contribution is 2.33. The zero-order chi connectivity index (χ0) is 21.1. The van der Waals surface area contributed by atoms with Crippen LogP contribution in [0.1, 0.15) is 21.5 Å². The first-order valence-electron chi connectivity index (χ1n) is 10.2. The van der Waals surface area contributed by atoms with E-state index in [4.69, 9.17) is 9.72 Å². The highest BCUT2D eigenvalue weighted by molar-refractivity contribution is 7.98. The predicted molar refractivity (Wildman–Crippen MR) is 126 cm³/mol. The summed E-state index contributed by atoms with van der Waals surface area (Å²) < 4.78 is 6.59. The van der Waals surface area contributed by atoms with Crippen LogP contribution in [0.5, 0.6) is 0 Å². The van der Waals surface area contributed by atoms with E-state index in [-0.39, 0.29) is 5.91 Å². The molecule has 5 nitrogen and oxygen atoms in total. The van der Waals surface area contributed by atoms with Crippen molar-refractivity contribution in [1.29, 1.82) is 0 Å². The van der Waals surface area contributed by atoms with Crippen LogP contribution in [-0.4, -0.2) is 61.4 Å². The van der Waals surface area contributed by atoms with E-state index in [1.54, 1.807) is 23.1 Å². The van der Waals surface area contributed by atoms with Crippen molar-refractivity contribution in [2.45, 2.75) is 18.7 Å². The molecule has 30 heavy (non-hydrogen) atoms. The molecule has 0 aliphatic carbocycles. The van der Waals surface area contributed by atoms with Gasteiger partial charge >= 0.3 is 0 Å². The molecule has 7 heteroatoms. The molecule has 0 N–H and O–H groups in total. The number of benzene rings is 2. The van der Waals surface area contributed by atoms with Crippen LogP contribution in [-0.2, 0) is 4.74 Å². The standard InChI is InChI=1S/C23H27N3O2S2/c1-16-8-9-20-21(17(16)2)24-23(30-20)26(11-10-25-12-14-28-15-13-25)22(27)18-6-4-5-7-19(18)29-3/h4-9H,10-15H2,1-3H3. The van der Waals surface area contributed by atoms with Crippen molar-refractivity contribution in [2.75, 3.05) is 50.5 Å². The lowest BCUT2D eigenvalue weighted by Crippen LogP contribution is -2.43. The van der Waals surface area contributed by atoms with Crippen molar-refractivity contribution >= 4 is 44.4 Å². The largest absolute Gasteiger partial charge is 0.379 e. The minimum Gasteiger partial charge on any atom is -0.379 e. The van der Waals surface area contributed by atoms with Crippen molar-refractivity contribution in [3.05, 3.63) is 53.1 Å². The lowest BCUT2D eigenvalue weighted by molar-refractivity contribution is 0.0391. The second-order valence-electron chi connectivity index (χ2n) is 7.46. The fraction of sp³-hybridized carbons (Fsp3) is 0.391. The van der Waals surface area contributed by atoms with Crippen LogP contribution in [0, 0.1) is 13.8 Å². The van der Waals surface area contributed by atoms with Crippen LogP contribution < -0.4 is 4.90 Å². The summed E-state index contributed by atoms with van der Waals surface area (Å²) in [4.78, 5) is 23.8. The summed E-state index contributed by atoms with van der Waals surface area (Å²) in [6.07, 6.45) is 2.01. The van der Waals surface area contributed by atoms with E-state index >= 15 is 0 Å². The number of ether oxygens (including phenoxy) is 1. The van der Waals surface area contributed by atoms with Crippen molar-refractivity contribution in [2.24, 2.45) is 0 Å². The molecule has 0 spiro atoms. The van der Waals surface area contributed by atoms with Crippen LogP contribution in [0.25, 0.3) is 10.2 Å². The molecule has 1 fully saturated rings. The normalized spacial score (nSPS) is 14.9. The van der Waals surface area contributed by atoms with E-state index in [0.717, 1.165) is 58.7 Å². The smallest absolute Gasteiger partial charge is 0.261 e. The van der Waals surface area contributed by atoms with Gasteiger partial charge in [-0.2, -0.15) is 0 Å². The maximum absolute atomic E-state index is 13.7. The molecule has 1 aliphatic rings. The highest BCUT2D eigenvalue weighted by atomic mass is 32.2. The van der Waals surface area contributed by atoms with Crippen molar-refractivity contribution < 1.29 is 9.53 Å². The predicted octanol–water partition coefficient (Wildman–Crippen LogP) is 4.61. The van der Waals surface area contributed by atoms with E-state index in [2.05, 4.69) is 30.9 Å². The summed E-state index contributed by atoms with van der Waals surface area (Å²) >= 11 is 3.20. The number of thioether (sulfide) groups is 1. The lowest BCUT2D eigenvalue weighted by atomic mass is 10.1. The minimum atomic E-state index is 0.0154. The van der Waals surface area contributed by atoms with E-state index in [0.29, 0.717) is 6.54 Å². The van der Waals surface area contributed by atoms with E-state index in [9.17, 15) is 4.79 Å². The summed E-state index contributed by atoms with van der Waals surface area (Å²) in [6.45, 7) is 8.94. The van der Waals surface area contributed by atoms with Crippen LogP contribution in [0.4, 0.5) is 5.13 Å². The van der Waals surface area contributed by atoms with Gasteiger partial charge in [0, 0.05) is 31.1 Å². The third-order valence-electron chi connectivity index (χ3n) is 5.63. The number of fused-ring (bicyclic) bond motifs is 1. The number of aromatic nitrogens is 1. The highest BCUT2D eigenvalue weighted by Gasteiger charge is 2.24. The van der Waals surface area contributed by atoms with Gasteiger partial charge in [-0.05, 0) is 49.4 Å². The molecule has 2 aromatic carbocycles. The first-order chi connectivity index (χ1) is 14.6. The summed E-state index contributed by atoms with van der Waals surface area (Å²) in [5.74, 6) is 0.0154. The average molecular weight is 442 g/mol. The Labute approximate surface area is 186 Å². The van der Waals surface area contributed by atoms with Gasteiger partial charge in [0.1, 0.15) is 0 Å². The number of aryl methyl sites for hydroxylation is 2. The summed E-state index contributed by atoms with van der Waals surface area (Å²) in [5.41, 5.74) is 4.13. The van der Waals surface area contributed by atoms with Gasteiger partial charge in [0.15, 0.2) is 5.13 Å². The van der Waals surface area contributed by atoms with E-state index < -0.39 is 0 Å². The molecule has 0 unspecified atom stereocenters. The molecule has 3 aromatic rings. The molecule has 0 radical (unpaired) electrons. The molecular formula is C23H27N3O2S2. The van der Waals surface area contributed by atoms with E-state index in [1.165, 1.54) is 11.1 Å². The van der Waals surface area contributed by atoms with Gasteiger partial charge in [-0.25, -0.2) is 4.98 Å². The molecule has 0 saturated carbocycles. The third kappa shape index (κ3) is 4.39. The zero-order valence-corrected chi connectivity index (χ0v) is 19.3. The van der Waals surface area contributed by atoms with Gasteiger partial charge in [-0.15, -0.1) is 11.8 Å². The third-order valence-corrected chi connectivity index (χ3v) is 7.47. The van der Waals surface area contributed by atoms with Gasteiger partial charge in [0.05, 0.1) is 29.0 Å². The Morgan fingerprint density at radius 2 is 1.97 bits per heavy atom. The Hall–Kier alpha value is -1.93. The van der Waals surface area contributed by atoms with Gasteiger partial charge in [0.25, 0.3) is 5.91 Å². The topological polar surface area (TPSA) is 45.7 Å². The molecule has 2 heterocycles. The Morgan fingerprint density at radius 1 is 1.20 bits per heavy atom. The zero-order valence-electron chi connectivity index (χ0n) is 17.7. The number of hydrogen-bond donors (Lipinski definition) is 0. The molecule has 1 amide bonds. The summed E-state index contributed by atoms with van der Waals surface area (Å²) in [5, 5.41) is 0.771. The van der Waals surface area contributed by atoms with Crippen LogP contribution in [0.3, 0.4) is 0 Å². The average Bonchev–Trinajstić information content (AvgIpc) is 3.22. The second kappa shape index (κ2) is 9.47. The molecule has 1 saturated heterocycles. The Kier molecular flexibility index (Phi) is 6.73. The number of anilines is 1. The number of rotatable bonds is 6. The number of amides is 1. The first-order valence-corrected chi connectivity index (χ1v) is 12.2. The number of thiazole rings is 1. The number of carbonyl (C=O) groups excluding carboxylic acids is 1. The Morgan fingerprint density at radius 3 is 2.73 bits per heavy atom. The van der Waals surface area contributed by atoms with Crippen molar-refractivity contribution in [3.63, 3.8) is 0 Å². The fourth-order valence-electron chi connectivity index (χ4n) is 3.65. The van der Waals surface area contributed by atoms with Crippen LogP contribution >= 0.6 is 23.1 Å².